The van der Waals surface area contributed by atoms with Crippen LogP contribution in [0.4, 0.5) is 4.39 Å². The van der Waals surface area contributed by atoms with Crippen LogP contribution in [0, 0.1) is 11.7 Å². The van der Waals surface area contributed by atoms with E-state index in [1.807, 2.05) is 12.1 Å². The Hall–Kier alpha value is -3.26. The van der Waals surface area contributed by atoms with E-state index in [4.69, 9.17) is 4.74 Å². The fraction of sp³-hybridized carbons (Fsp3) is 0.286. The molecule has 8 heteroatoms. The summed E-state index contributed by atoms with van der Waals surface area (Å²) in [7, 11) is 0. The van der Waals surface area contributed by atoms with Gasteiger partial charge in [-0.15, -0.1) is 0 Å². The number of halogens is 1. The average Bonchev–Trinajstić information content (AvgIpc) is 3.31. The summed E-state index contributed by atoms with van der Waals surface area (Å²) in [5.41, 5.74) is 3.26. The molecule has 7 nitrogen and oxygen atoms in total. The van der Waals surface area contributed by atoms with Gasteiger partial charge in [-0.25, -0.2) is 9.37 Å². The predicted octanol–water partition coefficient (Wildman–Crippen LogP) is 3.21. The van der Waals surface area contributed by atoms with Gasteiger partial charge in [0, 0.05) is 30.5 Å². The summed E-state index contributed by atoms with van der Waals surface area (Å²) in [4.78, 5) is 25.1. The van der Waals surface area contributed by atoms with Crippen molar-refractivity contribution >= 4 is 11.2 Å². The first-order chi connectivity index (χ1) is 14.2. The van der Waals surface area contributed by atoms with Crippen LogP contribution in [0.15, 0.2) is 47.4 Å². The molecule has 4 aromatic rings. The number of aromatic amines is 2. The van der Waals surface area contributed by atoms with Crippen LogP contribution in [-0.2, 0) is 11.2 Å². The Morgan fingerprint density at radius 3 is 2.72 bits per heavy atom. The van der Waals surface area contributed by atoms with Gasteiger partial charge in [0.15, 0.2) is 5.65 Å². The maximum absolute atomic E-state index is 13.4. The number of nitrogens with zero attached hydrogens (tertiary/aromatic N) is 3. The molecule has 3 aromatic heterocycles. The number of hydrogen-bond donors (Lipinski definition) is 2. The second-order valence-corrected chi connectivity index (χ2v) is 7.31. The molecule has 0 amide bonds. The number of rotatable bonds is 4. The minimum absolute atomic E-state index is 0.158. The Balaban J connectivity index is 1.62. The Kier molecular flexibility index (Phi) is 4.48. The van der Waals surface area contributed by atoms with Gasteiger partial charge >= 0.3 is 0 Å². The van der Waals surface area contributed by atoms with E-state index in [0.717, 1.165) is 23.9 Å². The number of H-pyrrole nitrogens is 2. The third-order valence-electron chi connectivity index (χ3n) is 5.41. The number of benzene rings is 1. The van der Waals surface area contributed by atoms with E-state index in [0.29, 0.717) is 48.4 Å². The number of pyridine rings is 1. The minimum atomic E-state index is -0.315. The zero-order valence-corrected chi connectivity index (χ0v) is 15.7. The van der Waals surface area contributed by atoms with Gasteiger partial charge in [-0.3, -0.25) is 9.89 Å². The van der Waals surface area contributed by atoms with Crippen LogP contribution in [0.3, 0.4) is 0 Å². The smallest absolute Gasteiger partial charge is 0.277 e. The highest BCUT2D eigenvalue weighted by Gasteiger charge is 2.23. The van der Waals surface area contributed by atoms with Gasteiger partial charge in [0.2, 0.25) is 5.95 Å². The summed E-state index contributed by atoms with van der Waals surface area (Å²) in [5.74, 6) is 0.437. The quantitative estimate of drug-likeness (QED) is 0.557. The monoisotopic (exact) mass is 393 g/mol. The highest BCUT2D eigenvalue weighted by molar-refractivity contribution is 5.71. The molecular weight excluding hydrogens is 373 g/mol. The van der Waals surface area contributed by atoms with E-state index in [1.165, 1.54) is 16.8 Å². The van der Waals surface area contributed by atoms with Gasteiger partial charge < -0.3 is 9.72 Å². The molecule has 0 bridgehead atoms. The molecule has 0 unspecified atom stereocenters. The normalized spacial score (nSPS) is 15.2. The summed E-state index contributed by atoms with van der Waals surface area (Å²) in [6, 6.07) is 9.82. The fourth-order valence-corrected chi connectivity index (χ4v) is 3.84. The van der Waals surface area contributed by atoms with Crippen molar-refractivity contribution in [3.05, 3.63) is 64.3 Å². The van der Waals surface area contributed by atoms with E-state index in [2.05, 4.69) is 20.1 Å². The molecule has 0 radical (unpaired) electrons. The second-order valence-electron chi connectivity index (χ2n) is 7.31. The number of ether oxygens (including phenoxy) is 1. The Morgan fingerprint density at radius 2 is 1.97 bits per heavy atom. The second kappa shape index (κ2) is 7.29. The van der Waals surface area contributed by atoms with Crippen molar-refractivity contribution in [3.63, 3.8) is 0 Å². The molecule has 4 heterocycles. The zero-order valence-electron chi connectivity index (χ0n) is 15.7. The molecule has 29 heavy (non-hydrogen) atoms. The molecule has 1 saturated heterocycles. The molecule has 5 rings (SSSR count). The van der Waals surface area contributed by atoms with E-state index in [9.17, 15) is 9.18 Å². The van der Waals surface area contributed by atoms with Gasteiger partial charge in [0.1, 0.15) is 5.82 Å². The summed E-state index contributed by atoms with van der Waals surface area (Å²) >= 11 is 0. The predicted molar refractivity (Wildman–Crippen MR) is 106 cm³/mol. The number of aromatic nitrogens is 5. The Bertz CT molecular complexity index is 1170. The number of imidazole rings is 1. The summed E-state index contributed by atoms with van der Waals surface area (Å²) in [6.45, 7) is 1.43. The lowest BCUT2D eigenvalue weighted by Crippen LogP contribution is -2.23. The van der Waals surface area contributed by atoms with Crippen molar-refractivity contribution in [2.24, 2.45) is 5.92 Å². The maximum Gasteiger partial charge on any atom is 0.277 e. The first-order valence-electron chi connectivity index (χ1n) is 9.68. The fourth-order valence-electron chi connectivity index (χ4n) is 3.84. The molecule has 0 spiro atoms. The highest BCUT2D eigenvalue weighted by Crippen LogP contribution is 2.26. The number of nitrogens with one attached hydrogen (secondary N) is 2. The third-order valence-corrected chi connectivity index (χ3v) is 5.41. The molecular formula is C21H20FN5O2. The van der Waals surface area contributed by atoms with Crippen molar-refractivity contribution in [2.75, 3.05) is 13.2 Å². The molecule has 1 aromatic carbocycles. The molecule has 0 atom stereocenters. The number of fused-ring (bicyclic) bond motifs is 1. The van der Waals surface area contributed by atoms with Gasteiger partial charge in [0.05, 0.1) is 11.2 Å². The van der Waals surface area contributed by atoms with Crippen LogP contribution >= 0.6 is 0 Å². The number of hydrogen-bond acceptors (Lipinski definition) is 4. The standard InChI is InChI=1S/C21H20FN5O2/c22-15-5-3-14(4-6-15)18-16(12-13-7-10-29-11-8-13)20(28)27(26-18)21-24-17-2-1-9-23-19(17)25-21/h1-6,9,13,26H,7-8,10-12H2,(H,23,24,25). The average molecular weight is 393 g/mol. The topological polar surface area (TPSA) is 88.6 Å². The van der Waals surface area contributed by atoms with Crippen LogP contribution < -0.4 is 5.56 Å². The highest BCUT2D eigenvalue weighted by atomic mass is 19.1. The first kappa shape index (κ1) is 17.8. The summed E-state index contributed by atoms with van der Waals surface area (Å²) < 4.78 is 20.3. The van der Waals surface area contributed by atoms with Crippen LogP contribution in [0.5, 0.6) is 0 Å². The molecule has 1 aliphatic rings. The lowest BCUT2D eigenvalue weighted by Gasteiger charge is -2.21. The lowest BCUT2D eigenvalue weighted by atomic mass is 9.91. The summed E-state index contributed by atoms with van der Waals surface area (Å²) in [6.07, 6.45) is 4.13. The van der Waals surface area contributed by atoms with Crippen molar-refractivity contribution < 1.29 is 9.13 Å². The van der Waals surface area contributed by atoms with E-state index in [-0.39, 0.29) is 11.4 Å². The van der Waals surface area contributed by atoms with Gasteiger partial charge in [-0.2, -0.15) is 9.67 Å². The minimum Gasteiger partial charge on any atom is -0.381 e. The first-order valence-corrected chi connectivity index (χ1v) is 9.68. The van der Waals surface area contributed by atoms with Crippen molar-refractivity contribution in [1.29, 1.82) is 0 Å². The van der Waals surface area contributed by atoms with Gasteiger partial charge in [-0.05, 0) is 61.6 Å². The molecule has 148 valence electrons. The molecule has 1 fully saturated rings. The zero-order chi connectivity index (χ0) is 19.8. The van der Waals surface area contributed by atoms with E-state index < -0.39 is 0 Å². The lowest BCUT2D eigenvalue weighted by molar-refractivity contribution is 0.0665. The van der Waals surface area contributed by atoms with Crippen LogP contribution in [0.2, 0.25) is 0 Å². The van der Waals surface area contributed by atoms with Crippen LogP contribution in [0.25, 0.3) is 28.4 Å². The van der Waals surface area contributed by atoms with Gasteiger partial charge in [-0.1, -0.05) is 0 Å². The molecule has 0 aliphatic carbocycles. The van der Waals surface area contributed by atoms with Crippen LogP contribution in [-0.4, -0.2) is 37.9 Å². The molecule has 0 saturated carbocycles. The molecule has 2 N–H and O–H groups in total. The van der Waals surface area contributed by atoms with Crippen molar-refractivity contribution in [2.45, 2.75) is 19.3 Å². The molecule has 1 aliphatic heterocycles. The van der Waals surface area contributed by atoms with E-state index >= 15 is 0 Å². The Morgan fingerprint density at radius 1 is 1.17 bits per heavy atom. The van der Waals surface area contributed by atoms with Crippen LogP contribution in [0.1, 0.15) is 18.4 Å². The van der Waals surface area contributed by atoms with E-state index in [1.54, 1.807) is 18.3 Å². The van der Waals surface area contributed by atoms with Crippen molar-refractivity contribution in [3.8, 4) is 17.2 Å². The summed E-state index contributed by atoms with van der Waals surface area (Å²) in [5, 5.41) is 3.18. The Labute approximate surface area is 165 Å². The maximum atomic E-state index is 13.4. The SMILES string of the molecule is O=c1c(CC2CCOCC2)c(-c2ccc(F)cc2)[nH]n1-c1nc2ncccc2[nH]1. The van der Waals surface area contributed by atoms with Gasteiger partial charge in [0.25, 0.3) is 5.56 Å². The third kappa shape index (κ3) is 3.36. The largest absolute Gasteiger partial charge is 0.381 e. The van der Waals surface area contributed by atoms with Crippen molar-refractivity contribution in [1.82, 2.24) is 24.7 Å².